The van der Waals surface area contributed by atoms with E-state index < -0.39 is 0 Å². The minimum atomic E-state index is 0.145. The van der Waals surface area contributed by atoms with Crippen molar-refractivity contribution in [2.75, 3.05) is 44.9 Å². The first-order valence-corrected chi connectivity index (χ1v) is 13.8. The molecule has 4 aromatic rings. The number of methoxy groups -OCH3 is 1. The summed E-state index contributed by atoms with van der Waals surface area (Å²) in [5, 5.41) is 0. The van der Waals surface area contributed by atoms with Crippen LogP contribution in [0.4, 0.5) is 5.69 Å². The van der Waals surface area contributed by atoms with Crippen LogP contribution in [0.5, 0.6) is 5.88 Å². The Hall–Kier alpha value is -3.96. The summed E-state index contributed by atoms with van der Waals surface area (Å²) in [7, 11) is 1.60. The summed E-state index contributed by atoms with van der Waals surface area (Å²) in [5.41, 5.74) is 4.72. The molecule has 11 nitrogen and oxygen atoms in total. The van der Waals surface area contributed by atoms with Gasteiger partial charge in [-0.2, -0.15) is 0 Å². The number of pyridine rings is 2. The number of ether oxygens (including phenoxy) is 2. The summed E-state index contributed by atoms with van der Waals surface area (Å²) in [5.74, 6) is 1.25. The predicted molar refractivity (Wildman–Crippen MR) is 150 cm³/mol. The number of amides is 1. The first-order valence-electron chi connectivity index (χ1n) is 13.8. The summed E-state index contributed by atoms with van der Waals surface area (Å²) in [6, 6.07) is 8.28. The third kappa shape index (κ3) is 5.26. The molecule has 11 heteroatoms. The standard InChI is InChI=1S/C29H34N8O3/c1-19(2)37-18-32-28-25(37)16-24(34-29(28)39-3)23-6-8-30-26(33-23)14-20-4-5-22(17-31-20)36-9-7-21(15-27(36)38)35-10-12-40-13-11-35/h4-6,8,16-19,21H,7,9-15H2,1-3H3. The molecule has 208 valence electrons. The second-order valence-electron chi connectivity index (χ2n) is 10.5. The average Bonchev–Trinajstić information content (AvgIpc) is 3.42. The Balaban J connectivity index is 1.16. The Morgan fingerprint density at radius 2 is 1.90 bits per heavy atom. The molecule has 6 rings (SSSR count). The molecule has 2 aliphatic rings. The molecule has 1 unspecified atom stereocenters. The highest BCUT2D eigenvalue weighted by Gasteiger charge is 2.31. The van der Waals surface area contributed by atoms with Crippen LogP contribution in [-0.2, 0) is 16.0 Å². The topological polar surface area (TPSA) is 111 Å². The molecule has 1 amide bonds. The first-order chi connectivity index (χ1) is 19.5. The van der Waals surface area contributed by atoms with Crippen LogP contribution in [0.25, 0.3) is 22.4 Å². The van der Waals surface area contributed by atoms with Crippen molar-refractivity contribution in [3.8, 4) is 17.3 Å². The third-order valence-electron chi connectivity index (χ3n) is 7.67. The van der Waals surface area contributed by atoms with Crippen molar-refractivity contribution in [3.63, 3.8) is 0 Å². The number of rotatable bonds is 7. The van der Waals surface area contributed by atoms with Crippen LogP contribution < -0.4 is 9.64 Å². The van der Waals surface area contributed by atoms with Crippen LogP contribution in [0.3, 0.4) is 0 Å². The molecule has 0 aromatic carbocycles. The summed E-state index contributed by atoms with van der Waals surface area (Å²) in [4.78, 5) is 40.2. The van der Waals surface area contributed by atoms with Crippen LogP contribution in [0, 0.1) is 0 Å². The maximum absolute atomic E-state index is 13.0. The van der Waals surface area contributed by atoms with Gasteiger partial charge in [0, 0.05) is 50.0 Å². The molecule has 2 aliphatic heterocycles. The highest BCUT2D eigenvalue weighted by Crippen LogP contribution is 2.29. The van der Waals surface area contributed by atoms with E-state index in [0.29, 0.717) is 48.5 Å². The van der Waals surface area contributed by atoms with Gasteiger partial charge in [0.2, 0.25) is 11.8 Å². The summed E-state index contributed by atoms with van der Waals surface area (Å²) < 4.78 is 13.1. The van der Waals surface area contributed by atoms with Gasteiger partial charge in [0.25, 0.3) is 0 Å². The lowest BCUT2D eigenvalue weighted by Gasteiger charge is -2.39. The Kier molecular flexibility index (Phi) is 7.40. The molecule has 0 N–H and O–H groups in total. The SMILES string of the molecule is COc1nc(-c2ccnc(Cc3ccc(N4CCC(N5CCOCC5)CC4=O)cn3)n2)cc2c1ncn2C(C)C. The smallest absolute Gasteiger partial charge is 0.242 e. The van der Waals surface area contributed by atoms with Crippen molar-refractivity contribution < 1.29 is 14.3 Å². The van der Waals surface area contributed by atoms with Crippen LogP contribution in [0.1, 0.15) is 44.2 Å². The van der Waals surface area contributed by atoms with Crippen LogP contribution in [0.2, 0.25) is 0 Å². The number of morpholine rings is 1. The van der Waals surface area contributed by atoms with Crippen LogP contribution in [0.15, 0.2) is 43.0 Å². The third-order valence-corrected chi connectivity index (χ3v) is 7.67. The predicted octanol–water partition coefficient (Wildman–Crippen LogP) is 3.29. The van der Waals surface area contributed by atoms with Gasteiger partial charge in [0.15, 0.2) is 5.52 Å². The molecular formula is C29H34N8O3. The Morgan fingerprint density at radius 1 is 1.05 bits per heavy atom. The van der Waals surface area contributed by atoms with Crippen molar-refractivity contribution in [1.29, 1.82) is 0 Å². The quantitative estimate of drug-likeness (QED) is 0.347. The fourth-order valence-electron chi connectivity index (χ4n) is 5.50. The second-order valence-corrected chi connectivity index (χ2v) is 10.5. The number of fused-ring (bicyclic) bond motifs is 1. The van der Waals surface area contributed by atoms with Gasteiger partial charge >= 0.3 is 0 Å². The van der Waals surface area contributed by atoms with Crippen molar-refractivity contribution in [2.24, 2.45) is 0 Å². The van der Waals surface area contributed by atoms with Crippen molar-refractivity contribution in [2.45, 2.75) is 45.2 Å². The normalized spacial score (nSPS) is 18.6. The number of anilines is 1. The molecule has 1 atom stereocenters. The van der Waals surface area contributed by atoms with E-state index in [4.69, 9.17) is 14.5 Å². The Morgan fingerprint density at radius 3 is 2.62 bits per heavy atom. The van der Waals surface area contributed by atoms with E-state index in [-0.39, 0.29) is 11.9 Å². The summed E-state index contributed by atoms with van der Waals surface area (Å²) in [6.45, 7) is 8.21. The Bertz CT molecular complexity index is 1500. The number of nitrogens with zero attached hydrogens (tertiary/aromatic N) is 8. The zero-order chi connectivity index (χ0) is 27.6. The van der Waals surface area contributed by atoms with Gasteiger partial charge in [-0.25, -0.2) is 19.9 Å². The monoisotopic (exact) mass is 542 g/mol. The number of carbonyl (C=O) groups is 1. The zero-order valence-corrected chi connectivity index (χ0v) is 23.2. The lowest BCUT2D eigenvalue weighted by atomic mass is 10.0. The van der Waals surface area contributed by atoms with Gasteiger partial charge in [-0.1, -0.05) is 0 Å². The maximum Gasteiger partial charge on any atom is 0.242 e. The maximum atomic E-state index is 13.0. The van der Waals surface area contributed by atoms with Crippen LogP contribution >= 0.6 is 0 Å². The number of imidazole rings is 1. The fraction of sp³-hybridized carbons (Fsp3) is 0.448. The largest absolute Gasteiger partial charge is 0.479 e. The molecule has 0 bridgehead atoms. The van der Waals surface area contributed by atoms with E-state index >= 15 is 0 Å². The molecule has 2 fully saturated rings. The molecule has 2 saturated heterocycles. The lowest BCUT2D eigenvalue weighted by molar-refractivity contribution is -0.121. The lowest BCUT2D eigenvalue weighted by Crippen LogP contribution is -2.51. The summed E-state index contributed by atoms with van der Waals surface area (Å²) >= 11 is 0. The molecule has 4 aromatic heterocycles. The molecule has 6 heterocycles. The minimum absolute atomic E-state index is 0.145. The molecule has 0 radical (unpaired) electrons. The summed E-state index contributed by atoms with van der Waals surface area (Å²) in [6.07, 6.45) is 7.27. The van der Waals surface area contributed by atoms with Gasteiger partial charge in [-0.05, 0) is 44.5 Å². The number of hydrogen-bond acceptors (Lipinski definition) is 9. The number of hydrogen-bond donors (Lipinski definition) is 0. The first kappa shape index (κ1) is 26.3. The van der Waals surface area contributed by atoms with E-state index in [1.165, 1.54) is 0 Å². The molecule has 0 spiro atoms. The van der Waals surface area contributed by atoms with E-state index in [9.17, 15) is 4.79 Å². The minimum Gasteiger partial charge on any atom is -0.479 e. The van der Waals surface area contributed by atoms with Gasteiger partial charge in [-0.3, -0.25) is 14.7 Å². The van der Waals surface area contributed by atoms with Crippen molar-refractivity contribution in [3.05, 3.63) is 54.5 Å². The Labute approximate surface area is 233 Å². The molecule has 40 heavy (non-hydrogen) atoms. The van der Waals surface area contributed by atoms with Crippen molar-refractivity contribution >= 4 is 22.6 Å². The molecular weight excluding hydrogens is 508 g/mol. The highest BCUT2D eigenvalue weighted by atomic mass is 16.5. The molecule has 0 aliphatic carbocycles. The highest BCUT2D eigenvalue weighted by molar-refractivity contribution is 5.94. The van der Waals surface area contributed by atoms with Gasteiger partial charge in [-0.15, -0.1) is 0 Å². The van der Waals surface area contributed by atoms with E-state index in [1.54, 1.807) is 19.5 Å². The van der Waals surface area contributed by atoms with Crippen LogP contribution in [-0.4, -0.2) is 86.3 Å². The number of carbonyl (C=O) groups excluding carboxylic acids is 1. The van der Waals surface area contributed by atoms with Gasteiger partial charge in [0.1, 0.15) is 5.82 Å². The van der Waals surface area contributed by atoms with E-state index in [1.807, 2.05) is 35.5 Å². The van der Waals surface area contributed by atoms with E-state index in [0.717, 1.165) is 55.1 Å². The number of piperidine rings is 1. The number of aromatic nitrogens is 6. The second kappa shape index (κ2) is 11.3. The molecule has 0 saturated carbocycles. The van der Waals surface area contributed by atoms with Crippen molar-refractivity contribution in [1.82, 2.24) is 34.4 Å². The fourth-order valence-corrected chi connectivity index (χ4v) is 5.50. The van der Waals surface area contributed by atoms with Gasteiger partial charge in [0.05, 0.1) is 61.9 Å². The van der Waals surface area contributed by atoms with E-state index in [2.05, 4.69) is 43.3 Å². The zero-order valence-electron chi connectivity index (χ0n) is 23.2. The van der Waals surface area contributed by atoms with Gasteiger partial charge < -0.3 is 18.9 Å². The average molecular weight is 543 g/mol.